The van der Waals surface area contributed by atoms with Gasteiger partial charge in [0, 0.05) is 17.4 Å². The van der Waals surface area contributed by atoms with E-state index < -0.39 is 11.4 Å². The molecule has 0 unspecified atom stereocenters. The van der Waals surface area contributed by atoms with Crippen LogP contribution in [0.5, 0.6) is 5.75 Å². The van der Waals surface area contributed by atoms with Crippen molar-refractivity contribution in [3.8, 4) is 28.0 Å². The van der Waals surface area contributed by atoms with Gasteiger partial charge < -0.3 is 19.7 Å². The Morgan fingerprint density at radius 2 is 1.42 bits per heavy atom. The molecule has 244 valence electrons. The van der Waals surface area contributed by atoms with Gasteiger partial charge in [-0.25, -0.2) is 4.79 Å². The highest BCUT2D eigenvalue weighted by Gasteiger charge is 2.28. The smallest absolute Gasteiger partial charge is 0.333 e. The van der Waals surface area contributed by atoms with E-state index in [2.05, 4.69) is 81.9 Å². The first kappa shape index (κ1) is 36.1. The number of aryl methyl sites for hydroxylation is 2. The fraction of sp³-hybridized carbons (Fsp3) is 0.475. The average Bonchev–Trinajstić information content (AvgIpc) is 3.07. The van der Waals surface area contributed by atoms with Gasteiger partial charge in [-0.1, -0.05) is 102 Å². The van der Waals surface area contributed by atoms with Crippen molar-refractivity contribution in [1.82, 2.24) is 0 Å². The lowest BCUT2D eigenvalue weighted by atomic mass is 9.81. The van der Waals surface area contributed by atoms with Crippen LogP contribution in [0.3, 0.4) is 0 Å². The number of aliphatic hydroxyl groups is 2. The molecule has 0 heterocycles. The molecule has 0 radical (unpaired) electrons. The topological polar surface area (TPSA) is 76.0 Å². The first-order valence-electron chi connectivity index (χ1n) is 16.8. The number of unbranched alkanes of at least 4 members (excludes halogenated alkanes) is 3. The summed E-state index contributed by atoms with van der Waals surface area (Å²) in [5.74, 6) is 0.317. The molecule has 2 N–H and O–H groups in total. The van der Waals surface area contributed by atoms with Gasteiger partial charge in [-0.05, 0) is 90.1 Å². The molecule has 5 nitrogen and oxygen atoms in total. The monoisotopic (exact) mass is 614 g/mol. The second kappa shape index (κ2) is 18.5. The van der Waals surface area contributed by atoms with E-state index in [-0.39, 0.29) is 19.8 Å². The van der Waals surface area contributed by atoms with E-state index in [1.165, 1.54) is 47.1 Å². The van der Waals surface area contributed by atoms with Crippen molar-refractivity contribution in [2.24, 2.45) is 5.41 Å². The number of hydrogen-bond donors (Lipinski definition) is 2. The molecule has 45 heavy (non-hydrogen) atoms. The molecule has 5 heteroatoms. The minimum Gasteiger partial charge on any atom is -0.493 e. The number of hydrogen-bond acceptors (Lipinski definition) is 5. The first-order chi connectivity index (χ1) is 21.8. The zero-order chi connectivity index (χ0) is 32.7. The average molecular weight is 615 g/mol. The summed E-state index contributed by atoms with van der Waals surface area (Å²) in [6.07, 6.45) is 9.50. The molecule has 0 aliphatic carbocycles. The van der Waals surface area contributed by atoms with Crippen LogP contribution < -0.4 is 4.74 Å². The lowest BCUT2D eigenvalue weighted by Gasteiger charge is -2.30. The molecule has 0 aromatic heterocycles. The van der Waals surface area contributed by atoms with Crippen LogP contribution in [-0.4, -0.2) is 42.6 Å². The SMILES string of the molecule is C=C(C)C(=O)OCCc1cc(-c2ccc(-c3ccc(CCCCC)cc3)cc2CC)ccc1OCCC(CO)(CO)CCCC. The van der Waals surface area contributed by atoms with Crippen molar-refractivity contribution >= 4 is 5.97 Å². The number of esters is 1. The van der Waals surface area contributed by atoms with Gasteiger partial charge in [0.25, 0.3) is 0 Å². The summed E-state index contributed by atoms with van der Waals surface area (Å²) in [6, 6.07) is 21.9. The van der Waals surface area contributed by atoms with Gasteiger partial charge in [-0.2, -0.15) is 0 Å². The molecule has 0 spiro atoms. The van der Waals surface area contributed by atoms with Gasteiger partial charge in [0.2, 0.25) is 0 Å². The van der Waals surface area contributed by atoms with Gasteiger partial charge >= 0.3 is 5.97 Å². The molecule has 3 rings (SSSR count). The number of carbonyl (C=O) groups excluding carboxylic acids is 1. The minimum atomic E-state index is -0.555. The summed E-state index contributed by atoms with van der Waals surface area (Å²) in [5, 5.41) is 20.1. The number of aliphatic hydroxyl groups excluding tert-OH is 2. The highest BCUT2D eigenvalue weighted by atomic mass is 16.5. The fourth-order valence-electron chi connectivity index (χ4n) is 5.67. The van der Waals surface area contributed by atoms with E-state index in [4.69, 9.17) is 9.47 Å². The molecule has 0 aliphatic rings. The largest absolute Gasteiger partial charge is 0.493 e. The Hall–Kier alpha value is -3.41. The van der Waals surface area contributed by atoms with Gasteiger partial charge in [0.05, 0.1) is 26.4 Å². The maximum Gasteiger partial charge on any atom is 0.333 e. The Morgan fingerprint density at radius 3 is 2.07 bits per heavy atom. The first-order valence-corrected chi connectivity index (χ1v) is 16.8. The zero-order valence-corrected chi connectivity index (χ0v) is 28.0. The third-order valence-corrected chi connectivity index (χ3v) is 8.79. The number of rotatable bonds is 20. The van der Waals surface area contributed by atoms with Crippen molar-refractivity contribution in [2.75, 3.05) is 26.4 Å². The highest BCUT2D eigenvalue weighted by molar-refractivity contribution is 5.86. The fourth-order valence-corrected chi connectivity index (χ4v) is 5.67. The molecule has 0 saturated heterocycles. The Balaban J connectivity index is 1.85. The number of benzene rings is 3. The molecular formula is C40H54O5. The van der Waals surface area contributed by atoms with E-state index in [1.807, 2.05) is 6.07 Å². The molecular weight excluding hydrogens is 560 g/mol. The van der Waals surface area contributed by atoms with Gasteiger partial charge in [-0.15, -0.1) is 0 Å². The third kappa shape index (κ3) is 10.6. The van der Waals surface area contributed by atoms with Crippen LogP contribution in [0.4, 0.5) is 0 Å². The van der Waals surface area contributed by atoms with Gasteiger partial charge in [-0.3, -0.25) is 0 Å². The van der Waals surface area contributed by atoms with Crippen LogP contribution in [0.2, 0.25) is 0 Å². The summed E-state index contributed by atoms with van der Waals surface area (Å²) < 4.78 is 11.7. The second-order valence-electron chi connectivity index (χ2n) is 12.4. The summed E-state index contributed by atoms with van der Waals surface area (Å²) in [5.41, 5.74) is 8.10. The Bertz CT molecular complexity index is 1350. The van der Waals surface area contributed by atoms with Crippen LogP contribution in [0, 0.1) is 5.41 Å². The molecule has 0 atom stereocenters. The summed E-state index contributed by atoms with van der Waals surface area (Å²) in [7, 11) is 0. The summed E-state index contributed by atoms with van der Waals surface area (Å²) >= 11 is 0. The van der Waals surface area contributed by atoms with E-state index in [9.17, 15) is 15.0 Å². The van der Waals surface area contributed by atoms with E-state index >= 15 is 0 Å². The molecule has 0 amide bonds. The Labute approximate surface area is 271 Å². The van der Waals surface area contributed by atoms with E-state index in [0.717, 1.165) is 49.0 Å². The molecule has 3 aromatic rings. The lowest BCUT2D eigenvalue weighted by Crippen LogP contribution is -2.32. The summed E-state index contributed by atoms with van der Waals surface area (Å²) in [6.45, 7) is 12.3. The highest BCUT2D eigenvalue weighted by Crippen LogP contribution is 2.34. The van der Waals surface area contributed by atoms with Crippen LogP contribution in [0.1, 0.15) is 89.3 Å². The van der Waals surface area contributed by atoms with Crippen LogP contribution in [0.25, 0.3) is 22.3 Å². The van der Waals surface area contributed by atoms with E-state index in [1.54, 1.807) is 6.92 Å². The molecule has 0 bridgehead atoms. The maximum atomic E-state index is 12.1. The van der Waals surface area contributed by atoms with Crippen LogP contribution >= 0.6 is 0 Å². The molecule has 3 aromatic carbocycles. The minimum absolute atomic E-state index is 0.0750. The Morgan fingerprint density at radius 1 is 0.756 bits per heavy atom. The van der Waals surface area contributed by atoms with Gasteiger partial charge in [0.15, 0.2) is 0 Å². The van der Waals surface area contributed by atoms with Crippen molar-refractivity contribution in [3.05, 3.63) is 89.5 Å². The standard InChI is InChI=1S/C40H54O5/c1-6-9-11-12-31-13-15-33(16-14-31)34-17-19-37(32(8-3)26-34)35-18-20-38(36(27-35)21-24-45-39(43)30(4)5)44-25-23-40(28-41,29-42)22-10-7-2/h13-20,26-27,41-42H,4,6-12,21-25,28-29H2,1-3,5H3. The summed E-state index contributed by atoms with van der Waals surface area (Å²) in [4.78, 5) is 12.1. The van der Waals surface area contributed by atoms with Gasteiger partial charge in [0.1, 0.15) is 5.75 Å². The van der Waals surface area contributed by atoms with Crippen LogP contribution in [-0.2, 0) is 28.8 Å². The van der Waals surface area contributed by atoms with Crippen molar-refractivity contribution in [2.45, 2.75) is 91.9 Å². The predicted octanol–water partition coefficient (Wildman–Crippen LogP) is 8.91. The van der Waals surface area contributed by atoms with Crippen molar-refractivity contribution < 1.29 is 24.5 Å². The zero-order valence-electron chi connectivity index (χ0n) is 28.0. The van der Waals surface area contributed by atoms with E-state index in [0.29, 0.717) is 25.0 Å². The molecule has 0 aliphatic heterocycles. The quantitative estimate of drug-likeness (QED) is 0.0755. The molecule has 0 fully saturated rings. The van der Waals surface area contributed by atoms with Crippen molar-refractivity contribution in [1.29, 1.82) is 0 Å². The number of carbonyl (C=O) groups is 1. The van der Waals surface area contributed by atoms with Crippen LogP contribution in [0.15, 0.2) is 72.8 Å². The normalized spacial score (nSPS) is 11.4. The number of ether oxygens (including phenoxy) is 2. The molecule has 0 saturated carbocycles. The second-order valence-corrected chi connectivity index (χ2v) is 12.4. The third-order valence-electron chi connectivity index (χ3n) is 8.79. The van der Waals surface area contributed by atoms with Crippen molar-refractivity contribution in [3.63, 3.8) is 0 Å². The predicted molar refractivity (Wildman–Crippen MR) is 186 cm³/mol. The lowest BCUT2D eigenvalue weighted by molar-refractivity contribution is -0.138. The Kier molecular flexibility index (Phi) is 14.9. The maximum absolute atomic E-state index is 12.1.